The number of aromatic carboxylic acids is 1. The quantitative estimate of drug-likeness (QED) is 0.780. The first-order valence-electron chi connectivity index (χ1n) is 5.93. The van der Waals surface area contributed by atoms with Crippen molar-refractivity contribution in [2.75, 3.05) is 0 Å². The van der Waals surface area contributed by atoms with Gasteiger partial charge in [0.05, 0.1) is 6.20 Å². The Morgan fingerprint density at radius 2 is 2.20 bits per heavy atom. The SMILES string of the molecule is Cc1c(-c2oncc2C(=O)O)c2cc(F)ccc2n1C. The van der Waals surface area contributed by atoms with E-state index in [1.165, 1.54) is 12.1 Å². The average molecular weight is 274 g/mol. The predicted octanol–water partition coefficient (Wildman–Crippen LogP) is 2.98. The van der Waals surface area contributed by atoms with Gasteiger partial charge in [0.1, 0.15) is 11.4 Å². The second-order valence-corrected chi connectivity index (χ2v) is 4.55. The van der Waals surface area contributed by atoms with Crippen molar-refractivity contribution in [1.29, 1.82) is 0 Å². The van der Waals surface area contributed by atoms with Crippen molar-refractivity contribution in [3.8, 4) is 11.3 Å². The molecule has 0 unspecified atom stereocenters. The number of hydrogen-bond acceptors (Lipinski definition) is 3. The number of hydrogen-bond donors (Lipinski definition) is 1. The molecule has 20 heavy (non-hydrogen) atoms. The van der Waals surface area contributed by atoms with E-state index in [-0.39, 0.29) is 17.1 Å². The first-order valence-corrected chi connectivity index (χ1v) is 5.93. The first-order chi connectivity index (χ1) is 9.50. The van der Waals surface area contributed by atoms with E-state index in [0.29, 0.717) is 10.9 Å². The zero-order valence-electron chi connectivity index (χ0n) is 10.8. The van der Waals surface area contributed by atoms with E-state index >= 15 is 0 Å². The Bertz CT molecular complexity index is 832. The summed E-state index contributed by atoms with van der Waals surface area (Å²) >= 11 is 0. The molecule has 0 saturated heterocycles. The standard InChI is InChI=1S/C14H11FN2O3/c1-7-12(13-10(14(18)19)6-16-20-13)9-5-8(15)3-4-11(9)17(7)2/h3-6H,1-2H3,(H,18,19). The summed E-state index contributed by atoms with van der Waals surface area (Å²) in [6.07, 6.45) is 1.15. The normalized spacial score (nSPS) is 11.2. The van der Waals surface area contributed by atoms with Gasteiger partial charge in [0.15, 0.2) is 5.76 Å². The van der Waals surface area contributed by atoms with Crippen molar-refractivity contribution < 1.29 is 18.8 Å². The van der Waals surface area contributed by atoms with Gasteiger partial charge in [-0.15, -0.1) is 0 Å². The van der Waals surface area contributed by atoms with E-state index in [1.54, 1.807) is 6.07 Å². The van der Waals surface area contributed by atoms with E-state index in [2.05, 4.69) is 5.16 Å². The van der Waals surface area contributed by atoms with Gasteiger partial charge in [-0.2, -0.15) is 0 Å². The van der Waals surface area contributed by atoms with Gasteiger partial charge in [-0.25, -0.2) is 9.18 Å². The molecule has 3 rings (SSSR count). The minimum absolute atomic E-state index is 0.0372. The van der Waals surface area contributed by atoms with Gasteiger partial charge in [0, 0.05) is 29.2 Å². The van der Waals surface area contributed by atoms with Gasteiger partial charge in [0.2, 0.25) is 0 Å². The van der Waals surface area contributed by atoms with Crippen LogP contribution in [0.1, 0.15) is 16.1 Å². The number of carbonyl (C=O) groups is 1. The molecule has 0 atom stereocenters. The van der Waals surface area contributed by atoms with Crippen LogP contribution in [0.25, 0.3) is 22.2 Å². The number of carboxylic acid groups (broad SMARTS) is 1. The molecule has 3 aromatic rings. The van der Waals surface area contributed by atoms with Crippen molar-refractivity contribution in [2.45, 2.75) is 6.92 Å². The lowest BCUT2D eigenvalue weighted by molar-refractivity contribution is 0.0697. The molecule has 2 aromatic heterocycles. The van der Waals surface area contributed by atoms with Crippen LogP contribution < -0.4 is 0 Å². The van der Waals surface area contributed by atoms with Gasteiger partial charge < -0.3 is 14.2 Å². The maximum absolute atomic E-state index is 13.5. The molecule has 6 heteroatoms. The van der Waals surface area contributed by atoms with E-state index < -0.39 is 5.97 Å². The zero-order chi connectivity index (χ0) is 14.4. The monoisotopic (exact) mass is 274 g/mol. The summed E-state index contributed by atoms with van der Waals surface area (Å²) in [6, 6.07) is 4.38. The molecule has 0 bridgehead atoms. The largest absolute Gasteiger partial charge is 0.477 e. The lowest BCUT2D eigenvalue weighted by atomic mass is 10.1. The lowest BCUT2D eigenvalue weighted by Crippen LogP contribution is -1.97. The molecule has 5 nitrogen and oxygen atoms in total. The molecular formula is C14H11FN2O3. The minimum atomic E-state index is -1.13. The van der Waals surface area contributed by atoms with Crippen LogP contribution in [0.5, 0.6) is 0 Å². The fourth-order valence-electron chi connectivity index (χ4n) is 2.40. The Kier molecular flexibility index (Phi) is 2.60. The molecule has 0 saturated carbocycles. The number of nitrogens with zero attached hydrogens (tertiary/aromatic N) is 2. The third-order valence-corrected chi connectivity index (χ3v) is 3.48. The molecule has 1 aromatic carbocycles. The van der Waals surface area contributed by atoms with Crippen molar-refractivity contribution in [3.05, 3.63) is 41.5 Å². The fourth-order valence-corrected chi connectivity index (χ4v) is 2.40. The predicted molar refractivity (Wildman–Crippen MR) is 70.1 cm³/mol. The Morgan fingerprint density at radius 3 is 2.90 bits per heavy atom. The highest BCUT2D eigenvalue weighted by Gasteiger charge is 2.23. The highest BCUT2D eigenvalue weighted by Crippen LogP contribution is 2.36. The number of fused-ring (bicyclic) bond motifs is 1. The number of halogens is 1. The van der Waals surface area contributed by atoms with Gasteiger partial charge in [0.25, 0.3) is 0 Å². The molecule has 2 heterocycles. The van der Waals surface area contributed by atoms with E-state index in [0.717, 1.165) is 17.4 Å². The summed E-state index contributed by atoms with van der Waals surface area (Å²) in [5.74, 6) is -1.37. The van der Waals surface area contributed by atoms with Crippen LogP contribution in [0.4, 0.5) is 4.39 Å². The third kappa shape index (κ3) is 1.61. The maximum atomic E-state index is 13.5. The number of rotatable bonds is 2. The molecule has 0 aliphatic rings. The number of aromatic nitrogens is 2. The summed E-state index contributed by atoms with van der Waals surface area (Å²) in [5, 5.41) is 13.3. The van der Waals surface area contributed by atoms with Crippen LogP contribution >= 0.6 is 0 Å². The smallest absolute Gasteiger partial charge is 0.341 e. The van der Waals surface area contributed by atoms with E-state index in [1.807, 2.05) is 18.5 Å². The van der Waals surface area contributed by atoms with Crippen LogP contribution in [0.3, 0.4) is 0 Å². The van der Waals surface area contributed by atoms with Crippen LogP contribution in [-0.4, -0.2) is 20.8 Å². The molecule has 0 spiro atoms. The summed E-state index contributed by atoms with van der Waals surface area (Å²) < 4.78 is 20.4. The zero-order valence-corrected chi connectivity index (χ0v) is 10.8. The Balaban J connectivity index is 2.41. The molecule has 0 fully saturated rings. The summed E-state index contributed by atoms with van der Waals surface area (Å²) in [5.41, 5.74) is 2.10. The Labute approximate surface area is 113 Å². The van der Waals surface area contributed by atoms with E-state index in [4.69, 9.17) is 9.63 Å². The first kappa shape index (κ1) is 12.4. The van der Waals surface area contributed by atoms with Crippen molar-refractivity contribution in [2.24, 2.45) is 7.05 Å². The van der Waals surface area contributed by atoms with Gasteiger partial charge in [-0.1, -0.05) is 5.16 Å². The molecular weight excluding hydrogens is 263 g/mol. The van der Waals surface area contributed by atoms with Crippen molar-refractivity contribution in [1.82, 2.24) is 9.72 Å². The topological polar surface area (TPSA) is 68.3 Å². The fraction of sp³-hybridized carbons (Fsp3) is 0.143. The third-order valence-electron chi connectivity index (χ3n) is 3.48. The minimum Gasteiger partial charge on any atom is -0.477 e. The van der Waals surface area contributed by atoms with Crippen molar-refractivity contribution in [3.63, 3.8) is 0 Å². The maximum Gasteiger partial charge on any atom is 0.341 e. The highest BCUT2D eigenvalue weighted by molar-refractivity contribution is 6.02. The molecule has 0 radical (unpaired) electrons. The lowest BCUT2D eigenvalue weighted by Gasteiger charge is -1.99. The Hall–Kier alpha value is -2.63. The highest BCUT2D eigenvalue weighted by atomic mass is 19.1. The molecule has 0 aliphatic carbocycles. The average Bonchev–Trinajstić information content (AvgIpc) is 2.95. The van der Waals surface area contributed by atoms with Gasteiger partial charge >= 0.3 is 5.97 Å². The van der Waals surface area contributed by atoms with Gasteiger partial charge in [-0.3, -0.25) is 0 Å². The van der Waals surface area contributed by atoms with Crippen LogP contribution in [0.2, 0.25) is 0 Å². The molecule has 102 valence electrons. The Morgan fingerprint density at radius 1 is 1.45 bits per heavy atom. The second kappa shape index (κ2) is 4.19. The summed E-state index contributed by atoms with van der Waals surface area (Å²) in [7, 11) is 1.83. The second-order valence-electron chi connectivity index (χ2n) is 4.55. The molecule has 0 aliphatic heterocycles. The number of carboxylic acids is 1. The van der Waals surface area contributed by atoms with Crippen molar-refractivity contribution >= 4 is 16.9 Å². The summed E-state index contributed by atoms with van der Waals surface area (Å²) in [4.78, 5) is 11.2. The number of aryl methyl sites for hydroxylation is 1. The molecule has 1 N–H and O–H groups in total. The van der Waals surface area contributed by atoms with Gasteiger partial charge in [-0.05, 0) is 25.1 Å². The van der Waals surface area contributed by atoms with Crippen LogP contribution in [-0.2, 0) is 7.05 Å². The van der Waals surface area contributed by atoms with Crippen LogP contribution in [0.15, 0.2) is 28.9 Å². The summed E-state index contributed by atoms with van der Waals surface area (Å²) in [6.45, 7) is 1.82. The number of benzene rings is 1. The van der Waals surface area contributed by atoms with Crippen LogP contribution in [0, 0.1) is 12.7 Å². The molecule has 0 amide bonds. The van der Waals surface area contributed by atoms with E-state index in [9.17, 15) is 9.18 Å².